The van der Waals surface area contributed by atoms with Gasteiger partial charge < -0.3 is 9.84 Å². The van der Waals surface area contributed by atoms with Gasteiger partial charge in [0.25, 0.3) is 0 Å². The molecule has 1 aliphatic carbocycles. The summed E-state index contributed by atoms with van der Waals surface area (Å²) in [6, 6.07) is 7.99. The normalized spacial score (nSPS) is 27.2. The third-order valence-corrected chi connectivity index (χ3v) is 4.36. The number of hydrogen-bond acceptors (Lipinski definition) is 2. The summed E-state index contributed by atoms with van der Waals surface area (Å²) < 4.78 is 5.80. The summed E-state index contributed by atoms with van der Waals surface area (Å²) in [5.74, 6) is 1.64. The monoisotopic (exact) mass is 262 g/mol. The van der Waals surface area contributed by atoms with E-state index in [0.29, 0.717) is 6.61 Å². The van der Waals surface area contributed by atoms with Gasteiger partial charge in [-0.2, -0.15) is 0 Å². The van der Waals surface area contributed by atoms with Crippen molar-refractivity contribution in [3.8, 4) is 5.75 Å². The molecule has 1 aromatic carbocycles. The Bertz CT molecular complexity index is 392. The fraction of sp³-hybridized carbons (Fsp3) is 0.647. The summed E-state index contributed by atoms with van der Waals surface area (Å²) in [7, 11) is 0. The second-order valence-corrected chi connectivity index (χ2v) is 5.73. The molecule has 0 bridgehead atoms. The van der Waals surface area contributed by atoms with Gasteiger partial charge in [-0.15, -0.1) is 0 Å². The highest BCUT2D eigenvalue weighted by Crippen LogP contribution is 2.43. The van der Waals surface area contributed by atoms with Crippen molar-refractivity contribution in [2.75, 3.05) is 6.61 Å². The molecule has 1 aliphatic rings. The molecule has 0 spiro atoms. The zero-order chi connectivity index (χ0) is 13.7. The van der Waals surface area contributed by atoms with Gasteiger partial charge in [0, 0.05) is 5.56 Å². The summed E-state index contributed by atoms with van der Waals surface area (Å²) in [5.41, 5.74) is 0.300. The van der Waals surface area contributed by atoms with Crippen molar-refractivity contribution in [3.63, 3.8) is 0 Å². The van der Waals surface area contributed by atoms with Gasteiger partial charge in [-0.05, 0) is 44.1 Å². The van der Waals surface area contributed by atoms with Gasteiger partial charge >= 0.3 is 0 Å². The summed E-state index contributed by atoms with van der Waals surface area (Å²) >= 11 is 0. The molecule has 0 atom stereocenters. The maximum atomic E-state index is 11.0. The fourth-order valence-corrected chi connectivity index (χ4v) is 3.02. The van der Waals surface area contributed by atoms with Crippen LogP contribution in [0.4, 0.5) is 0 Å². The first-order valence-corrected chi connectivity index (χ1v) is 7.64. The molecule has 1 saturated carbocycles. The van der Waals surface area contributed by atoms with E-state index in [1.165, 1.54) is 6.42 Å². The summed E-state index contributed by atoms with van der Waals surface area (Å²) in [6.45, 7) is 5.06. The Morgan fingerprint density at radius 2 is 1.89 bits per heavy atom. The number of benzene rings is 1. The Kier molecular flexibility index (Phi) is 4.87. The molecular formula is C17H26O2. The molecule has 1 N–H and O–H groups in total. The quantitative estimate of drug-likeness (QED) is 0.859. The summed E-state index contributed by atoms with van der Waals surface area (Å²) in [5, 5.41) is 11.0. The zero-order valence-electron chi connectivity index (χ0n) is 12.2. The van der Waals surface area contributed by atoms with Crippen molar-refractivity contribution in [1.29, 1.82) is 0 Å². The lowest BCUT2D eigenvalue weighted by molar-refractivity contribution is -0.0167. The second-order valence-electron chi connectivity index (χ2n) is 5.73. The minimum Gasteiger partial charge on any atom is -0.493 e. The van der Waals surface area contributed by atoms with E-state index in [0.717, 1.165) is 49.3 Å². The molecule has 0 aliphatic heterocycles. The van der Waals surface area contributed by atoms with E-state index in [4.69, 9.17) is 4.74 Å². The van der Waals surface area contributed by atoms with Gasteiger partial charge in [0.15, 0.2) is 0 Å². The molecule has 2 heteroatoms. The van der Waals surface area contributed by atoms with E-state index in [-0.39, 0.29) is 0 Å². The Morgan fingerprint density at radius 3 is 2.53 bits per heavy atom. The lowest BCUT2D eigenvalue weighted by Gasteiger charge is -2.37. The number of aliphatic hydroxyl groups is 1. The third kappa shape index (κ3) is 3.30. The van der Waals surface area contributed by atoms with Crippen LogP contribution in [0.2, 0.25) is 0 Å². The molecule has 0 radical (unpaired) electrons. The Balaban J connectivity index is 2.16. The molecule has 1 aromatic rings. The van der Waals surface area contributed by atoms with E-state index < -0.39 is 5.60 Å². The average molecular weight is 262 g/mol. The van der Waals surface area contributed by atoms with Gasteiger partial charge in [-0.1, -0.05) is 38.5 Å². The smallest absolute Gasteiger partial charge is 0.125 e. The average Bonchev–Trinajstić information content (AvgIpc) is 2.46. The zero-order valence-corrected chi connectivity index (χ0v) is 12.2. The van der Waals surface area contributed by atoms with Crippen LogP contribution in [-0.2, 0) is 5.60 Å². The van der Waals surface area contributed by atoms with Gasteiger partial charge in [0.2, 0.25) is 0 Å². The lowest BCUT2D eigenvalue weighted by atomic mass is 9.74. The predicted molar refractivity (Wildman–Crippen MR) is 78.4 cm³/mol. The fourth-order valence-electron chi connectivity index (χ4n) is 3.02. The first-order chi connectivity index (χ1) is 9.19. The van der Waals surface area contributed by atoms with Crippen LogP contribution in [0.15, 0.2) is 24.3 Å². The maximum Gasteiger partial charge on any atom is 0.125 e. The maximum absolute atomic E-state index is 11.0. The van der Waals surface area contributed by atoms with Crippen LogP contribution in [-0.4, -0.2) is 11.7 Å². The van der Waals surface area contributed by atoms with E-state index in [1.807, 2.05) is 24.3 Å². The Morgan fingerprint density at radius 1 is 1.21 bits per heavy atom. The highest BCUT2D eigenvalue weighted by Gasteiger charge is 2.36. The van der Waals surface area contributed by atoms with E-state index in [2.05, 4.69) is 13.8 Å². The van der Waals surface area contributed by atoms with Gasteiger partial charge in [-0.25, -0.2) is 0 Å². The number of hydrogen-bond donors (Lipinski definition) is 1. The standard InChI is InChI=1S/C17H26O2/c1-3-13-19-16-8-6-5-7-15(16)17(18)11-9-14(4-2)10-12-17/h5-8,14,18H,3-4,9-13H2,1-2H3. The van der Waals surface area contributed by atoms with Crippen molar-refractivity contribution in [2.24, 2.45) is 5.92 Å². The Hall–Kier alpha value is -1.02. The van der Waals surface area contributed by atoms with Crippen LogP contribution in [0.5, 0.6) is 5.75 Å². The number of rotatable bonds is 5. The first-order valence-electron chi connectivity index (χ1n) is 7.64. The highest BCUT2D eigenvalue weighted by molar-refractivity contribution is 5.38. The molecule has 106 valence electrons. The molecule has 0 unspecified atom stereocenters. The molecule has 0 heterocycles. The van der Waals surface area contributed by atoms with E-state index >= 15 is 0 Å². The van der Waals surface area contributed by atoms with Crippen molar-refractivity contribution < 1.29 is 9.84 Å². The van der Waals surface area contributed by atoms with Crippen LogP contribution in [0, 0.1) is 5.92 Å². The summed E-state index contributed by atoms with van der Waals surface area (Å²) in [4.78, 5) is 0. The van der Waals surface area contributed by atoms with Crippen molar-refractivity contribution in [2.45, 2.75) is 58.0 Å². The molecule has 2 rings (SSSR count). The third-order valence-electron chi connectivity index (χ3n) is 4.36. The minimum absolute atomic E-state index is 0.685. The number of para-hydroxylation sites is 1. The van der Waals surface area contributed by atoms with E-state index in [1.54, 1.807) is 0 Å². The molecule has 1 fully saturated rings. The SMILES string of the molecule is CCCOc1ccccc1C1(O)CCC(CC)CC1. The lowest BCUT2D eigenvalue weighted by Crippen LogP contribution is -2.31. The molecule has 2 nitrogen and oxygen atoms in total. The summed E-state index contributed by atoms with van der Waals surface area (Å²) in [6.07, 6.45) is 6.18. The largest absolute Gasteiger partial charge is 0.493 e. The van der Waals surface area contributed by atoms with Crippen molar-refractivity contribution >= 4 is 0 Å². The predicted octanol–water partition coefficient (Wildman–Crippen LogP) is 4.26. The van der Waals surface area contributed by atoms with Crippen molar-refractivity contribution in [3.05, 3.63) is 29.8 Å². The van der Waals surface area contributed by atoms with Crippen molar-refractivity contribution in [1.82, 2.24) is 0 Å². The highest BCUT2D eigenvalue weighted by atomic mass is 16.5. The molecular weight excluding hydrogens is 236 g/mol. The molecule has 0 aromatic heterocycles. The van der Waals surface area contributed by atoms with E-state index in [9.17, 15) is 5.11 Å². The second kappa shape index (κ2) is 6.42. The first kappa shape index (κ1) is 14.4. The molecule has 19 heavy (non-hydrogen) atoms. The minimum atomic E-state index is -0.685. The van der Waals surface area contributed by atoms with Crippen LogP contribution < -0.4 is 4.74 Å². The topological polar surface area (TPSA) is 29.5 Å². The van der Waals surface area contributed by atoms with Crippen LogP contribution >= 0.6 is 0 Å². The van der Waals surface area contributed by atoms with Crippen LogP contribution in [0.25, 0.3) is 0 Å². The van der Waals surface area contributed by atoms with Crippen LogP contribution in [0.3, 0.4) is 0 Å². The van der Waals surface area contributed by atoms with Gasteiger partial charge in [0.1, 0.15) is 5.75 Å². The molecule has 0 saturated heterocycles. The Labute approximate surface area is 116 Å². The van der Waals surface area contributed by atoms with Gasteiger partial charge in [0.05, 0.1) is 12.2 Å². The number of ether oxygens (including phenoxy) is 1. The van der Waals surface area contributed by atoms with Gasteiger partial charge in [-0.3, -0.25) is 0 Å². The van der Waals surface area contributed by atoms with Crippen LogP contribution in [0.1, 0.15) is 57.9 Å². The molecule has 0 amide bonds.